The molecule has 0 radical (unpaired) electrons. The van der Waals surface area contributed by atoms with Crippen molar-refractivity contribution in [3.63, 3.8) is 0 Å². The highest BCUT2D eigenvalue weighted by Gasteiger charge is 2.39. The predicted molar refractivity (Wildman–Crippen MR) is 76.2 cm³/mol. The second kappa shape index (κ2) is 6.16. The van der Waals surface area contributed by atoms with E-state index in [-0.39, 0.29) is 16.6 Å². The van der Waals surface area contributed by atoms with Crippen LogP contribution in [0.4, 0.5) is 0 Å². The molecule has 0 spiro atoms. The molecule has 4 nitrogen and oxygen atoms in total. The van der Waals surface area contributed by atoms with Crippen molar-refractivity contribution >= 4 is 23.6 Å². The lowest BCUT2D eigenvalue weighted by Gasteiger charge is -2.41. The summed E-state index contributed by atoms with van der Waals surface area (Å²) in [7, 11) is 0. The van der Waals surface area contributed by atoms with Gasteiger partial charge in [-0.15, -0.1) is 0 Å². The van der Waals surface area contributed by atoms with Gasteiger partial charge < -0.3 is 10.4 Å². The Morgan fingerprint density at radius 3 is 2.32 bits per heavy atom. The number of hydrogen-bond acceptors (Lipinski definition) is 3. The van der Waals surface area contributed by atoms with Crippen LogP contribution in [0.25, 0.3) is 0 Å². The number of amides is 1. The largest absolute Gasteiger partial charge is 0.481 e. The molecule has 19 heavy (non-hydrogen) atoms. The van der Waals surface area contributed by atoms with Gasteiger partial charge in [0.1, 0.15) is 0 Å². The molecule has 1 amide bonds. The van der Waals surface area contributed by atoms with Crippen molar-refractivity contribution < 1.29 is 14.7 Å². The molecule has 0 aromatic heterocycles. The molecule has 2 rings (SSSR count). The van der Waals surface area contributed by atoms with Gasteiger partial charge in [0.25, 0.3) is 0 Å². The van der Waals surface area contributed by atoms with E-state index in [1.807, 2.05) is 11.8 Å². The van der Waals surface area contributed by atoms with Crippen LogP contribution in [0.1, 0.15) is 44.9 Å². The molecule has 0 aromatic carbocycles. The third kappa shape index (κ3) is 3.25. The van der Waals surface area contributed by atoms with Crippen LogP contribution >= 0.6 is 11.8 Å². The van der Waals surface area contributed by atoms with Gasteiger partial charge in [-0.05, 0) is 31.9 Å². The molecule has 2 atom stereocenters. The van der Waals surface area contributed by atoms with Crippen molar-refractivity contribution in [3.8, 4) is 0 Å². The van der Waals surface area contributed by atoms with E-state index in [2.05, 4.69) is 11.6 Å². The highest BCUT2D eigenvalue weighted by atomic mass is 32.2. The maximum atomic E-state index is 12.2. The zero-order chi connectivity index (χ0) is 13.9. The van der Waals surface area contributed by atoms with Gasteiger partial charge in [0, 0.05) is 11.3 Å². The van der Waals surface area contributed by atoms with Gasteiger partial charge >= 0.3 is 5.97 Å². The summed E-state index contributed by atoms with van der Waals surface area (Å²) < 4.78 is 0.211. The van der Waals surface area contributed by atoms with E-state index in [4.69, 9.17) is 0 Å². The van der Waals surface area contributed by atoms with Crippen molar-refractivity contribution in [1.29, 1.82) is 0 Å². The molecule has 0 aliphatic heterocycles. The molecule has 2 unspecified atom stereocenters. The summed E-state index contributed by atoms with van der Waals surface area (Å²) in [6, 6.07) is 0. The molecular formula is C14H23NO3S. The molecule has 0 heterocycles. The smallest absolute Gasteiger partial charge is 0.307 e. The highest BCUT2D eigenvalue weighted by Crippen LogP contribution is 2.42. The molecule has 108 valence electrons. The minimum Gasteiger partial charge on any atom is -0.481 e. The van der Waals surface area contributed by atoms with Gasteiger partial charge in [0.05, 0.1) is 11.8 Å². The predicted octanol–water partition coefficient (Wildman–Crippen LogP) is 2.28. The van der Waals surface area contributed by atoms with Crippen molar-refractivity contribution in [1.82, 2.24) is 5.32 Å². The Hall–Kier alpha value is -0.710. The fraction of sp³-hybridized carbons (Fsp3) is 0.857. The van der Waals surface area contributed by atoms with Crippen LogP contribution in [-0.4, -0.2) is 34.5 Å². The molecule has 2 fully saturated rings. The first-order chi connectivity index (χ1) is 9.08. The first kappa shape index (κ1) is 14.7. The number of thioether (sulfide) groups is 1. The maximum Gasteiger partial charge on any atom is 0.307 e. The summed E-state index contributed by atoms with van der Waals surface area (Å²) in [5.74, 6) is -1.68. The van der Waals surface area contributed by atoms with Crippen molar-refractivity contribution in [2.45, 2.75) is 49.7 Å². The van der Waals surface area contributed by atoms with Crippen LogP contribution < -0.4 is 5.32 Å². The molecule has 0 saturated heterocycles. The standard InChI is InChI=1S/C14H23NO3S/c1-19-14(7-4-8-14)9-15-12(16)10-5-2-3-6-11(10)13(17)18/h10-11H,2-9H2,1H3,(H,15,16)(H,17,18). The number of aliphatic carboxylic acids is 1. The van der Waals surface area contributed by atoms with Crippen LogP contribution in [0, 0.1) is 11.8 Å². The quantitative estimate of drug-likeness (QED) is 0.813. The molecule has 2 saturated carbocycles. The van der Waals surface area contributed by atoms with Crippen LogP contribution in [0.5, 0.6) is 0 Å². The van der Waals surface area contributed by atoms with Crippen LogP contribution in [0.2, 0.25) is 0 Å². The maximum absolute atomic E-state index is 12.2. The number of nitrogens with one attached hydrogen (secondary N) is 1. The van der Waals surface area contributed by atoms with Crippen molar-refractivity contribution in [2.75, 3.05) is 12.8 Å². The monoisotopic (exact) mass is 285 g/mol. The lowest BCUT2D eigenvalue weighted by atomic mass is 9.78. The van der Waals surface area contributed by atoms with Crippen LogP contribution in [0.3, 0.4) is 0 Å². The molecule has 2 aliphatic carbocycles. The van der Waals surface area contributed by atoms with Gasteiger partial charge in [-0.3, -0.25) is 9.59 Å². The topological polar surface area (TPSA) is 66.4 Å². The average molecular weight is 285 g/mol. The summed E-state index contributed by atoms with van der Waals surface area (Å²) in [6.07, 6.45) is 8.88. The Kier molecular flexibility index (Phi) is 4.76. The van der Waals surface area contributed by atoms with E-state index >= 15 is 0 Å². The molecule has 0 aromatic rings. The second-order valence-electron chi connectivity index (χ2n) is 5.79. The van der Waals surface area contributed by atoms with Gasteiger partial charge in [0.2, 0.25) is 5.91 Å². The number of carbonyl (C=O) groups excluding carboxylic acids is 1. The van der Waals surface area contributed by atoms with E-state index < -0.39 is 11.9 Å². The summed E-state index contributed by atoms with van der Waals surface area (Å²) in [5.41, 5.74) is 0. The Morgan fingerprint density at radius 2 is 1.84 bits per heavy atom. The van der Waals surface area contributed by atoms with Crippen molar-refractivity contribution in [2.24, 2.45) is 11.8 Å². The van der Waals surface area contributed by atoms with E-state index in [9.17, 15) is 14.7 Å². The van der Waals surface area contributed by atoms with Gasteiger partial charge in [-0.2, -0.15) is 11.8 Å². The third-order valence-electron chi connectivity index (χ3n) is 4.70. The summed E-state index contributed by atoms with van der Waals surface area (Å²) in [6.45, 7) is 0.690. The highest BCUT2D eigenvalue weighted by molar-refractivity contribution is 8.00. The Labute approximate surface area is 118 Å². The first-order valence-electron chi connectivity index (χ1n) is 7.14. The van der Waals surface area contributed by atoms with E-state index in [0.29, 0.717) is 13.0 Å². The van der Waals surface area contributed by atoms with E-state index in [0.717, 1.165) is 32.1 Å². The Bertz CT molecular complexity index is 349. The Balaban J connectivity index is 1.89. The lowest BCUT2D eigenvalue weighted by molar-refractivity contribution is -0.148. The van der Waals surface area contributed by atoms with E-state index in [1.165, 1.54) is 6.42 Å². The molecule has 0 bridgehead atoms. The number of hydrogen-bond donors (Lipinski definition) is 2. The number of carbonyl (C=O) groups is 2. The molecular weight excluding hydrogens is 262 g/mol. The minimum absolute atomic E-state index is 0.0487. The first-order valence-corrected chi connectivity index (χ1v) is 8.36. The second-order valence-corrected chi connectivity index (χ2v) is 7.07. The molecule has 5 heteroatoms. The number of rotatable bonds is 5. The van der Waals surface area contributed by atoms with Gasteiger partial charge in [0.15, 0.2) is 0 Å². The van der Waals surface area contributed by atoms with Crippen LogP contribution in [-0.2, 0) is 9.59 Å². The van der Waals surface area contributed by atoms with E-state index in [1.54, 1.807) is 0 Å². The third-order valence-corrected chi connectivity index (χ3v) is 6.12. The fourth-order valence-corrected chi connectivity index (χ4v) is 4.06. The fourth-order valence-electron chi connectivity index (χ4n) is 3.14. The van der Waals surface area contributed by atoms with Crippen molar-refractivity contribution in [3.05, 3.63) is 0 Å². The average Bonchev–Trinajstić information content (AvgIpc) is 2.37. The summed E-state index contributed by atoms with van der Waals surface area (Å²) in [4.78, 5) is 23.4. The zero-order valence-electron chi connectivity index (χ0n) is 11.5. The molecule has 2 aliphatic rings. The normalized spacial score (nSPS) is 29.3. The summed E-state index contributed by atoms with van der Waals surface area (Å²) in [5, 5.41) is 12.2. The minimum atomic E-state index is -0.817. The Morgan fingerprint density at radius 1 is 1.21 bits per heavy atom. The zero-order valence-corrected chi connectivity index (χ0v) is 12.3. The lowest BCUT2D eigenvalue weighted by Crippen LogP contribution is -2.48. The summed E-state index contributed by atoms with van der Waals surface area (Å²) >= 11 is 1.82. The van der Waals surface area contributed by atoms with Crippen LogP contribution in [0.15, 0.2) is 0 Å². The SMILES string of the molecule is CSC1(CNC(=O)C2CCCCC2C(=O)O)CCC1. The van der Waals surface area contributed by atoms with Gasteiger partial charge in [-0.1, -0.05) is 19.3 Å². The molecule has 2 N–H and O–H groups in total. The number of carboxylic acid groups (broad SMARTS) is 1. The van der Waals surface area contributed by atoms with Gasteiger partial charge in [-0.25, -0.2) is 0 Å². The number of carboxylic acids is 1.